The minimum Gasteiger partial charge on any atom is -0.392 e. The molecule has 0 aromatic rings. The van der Waals surface area contributed by atoms with Crippen molar-refractivity contribution in [2.24, 2.45) is 16.7 Å². The summed E-state index contributed by atoms with van der Waals surface area (Å²) in [6.07, 6.45) is 4.72. The van der Waals surface area contributed by atoms with Crippen LogP contribution < -0.4 is 0 Å². The monoisotopic (exact) mass is 311 g/mol. The van der Waals surface area contributed by atoms with Crippen LogP contribution in [0.4, 0.5) is 0 Å². The van der Waals surface area contributed by atoms with Gasteiger partial charge < -0.3 is 14.6 Å². The molecule has 0 radical (unpaired) electrons. The first kappa shape index (κ1) is 16.7. The van der Waals surface area contributed by atoms with Gasteiger partial charge in [0.2, 0.25) is 0 Å². The first-order chi connectivity index (χ1) is 10.4. The van der Waals surface area contributed by atoms with Crippen molar-refractivity contribution >= 4 is 0 Å². The van der Waals surface area contributed by atoms with Gasteiger partial charge in [-0.1, -0.05) is 20.8 Å². The van der Waals surface area contributed by atoms with Gasteiger partial charge in [0, 0.05) is 26.2 Å². The first-order valence-corrected chi connectivity index (χ1v) is 9.03. The summed E-state index contributed by atoms with van der Waals surface area (Å²) in [5.41, 5.74) is 0.733. The Morgan fingerprint density at radius 1 is 1.27 bits per heavy atom. The van der Waals surface area contributed by atoms with E-state index >= 15 is 0 Å². The van der Waals surface area contributed by atoms with E-state index in [0.717, 1.165) is 45.2 Å². The van der Waals surface area contributed by atoms with Gasteiger partial charge >= 0.3 is 0 Å². The minimum absolute atomic E-state index is 0.280. The summed E-state index contributed by atoms with van der Waals surface area (Å²) < 4.78 is 11.6. The molecule has 2 saturated carbocycles. The first-order valence-electron chi connectivity index (χ1n) is 9.03. The highest BCUT2D eigenvalue weighted by Gasteiger charge is 2.61. The summed E-state index contributed by atoms with van der Waals surface area (Å²) in [5, 5.41) is 10.2. The molecule has 128 valence electrons. The van der Waals surface area contributed by atoms with Gasteiger partial charge in [0.1, 0.15) is 0 Å². The zero-order chi connectivity index (χ0) is 15.8. The summed E-state index contributed by atoms with van der Waals surface area (Å²) in [4.78, 5) is 2.29. The van der Waals surface area contributed by atoms with Gasteiger partial charge in [-0.05, 0) is 42.4 Å². The maximum absolute atomic E-state index is 10.2. The molecule has 0 spiro atoms. The highest BCUT2D eigenvalue weighted by Crippen LogP contribution is 2.66. The van der Waals surface area contributed by atoms with E-state index in [9.17, 15) is 5.11 Å². The Labute approximate surface area is 135 Å². The molecule has 4 nitrogen and oxygen atoms in total. The smallest absolute Gasteiger partial charge is 0.0689 e. The number of nitrogens with zero attached hydrogens (tertiary/aromatic N) is 1. The normalized spacial score (nSPS) is 39.3. The summed E-state index contributed by atoms with van der Waals surface area (Å²) in [6.45, 7) is 12.2. The fourth-order valence-electron chi connectivity index (χ4n) is 4.90. The number of β-amino-alcohol motifs (C(OH)–C–C–N with tert-alkyl or cyclic N) is 1. The van der Waals surface area contributed by atoms with E-state index in [0.29, 0.717) is 23.5 Å². The van der Waals surface area contributed by atoms with E-state index in [1.54, 1.807) is 0 Å². The SMILES string of the molecule is CC1(C)[C@@H]2CC[C@]1(C)[C@H](OCC[C@H](O)CN1CCOCC1)C2. The van der Waals surface area contributed by atoms with Gasteiger partial charge in [-0.2, -0.15) is 0 Å². The molecule has 1 heterocycles. The molecule has 0 amide bonds. The third-order valence-corrected chi connectivity index (χ3v) is 7.06. The van der Waals surface area contributed by atoms with Gasteiger partial charge in [-0.3, -0.25) is 4.90 Å². The van der Waals surface area contributed by atoms with E-state index in [4.69, 9.17) is 9.47 Å². The van der Waals surface area contributed by atoms with Gasteiger partial charge in [0.15, 0.2) is 0 Å². The maximum Gasteiger partial charge on any atom is 0.0689 e. The minimum atomic E-state index is -0.280. The Hall–Kier alpha value is -0.160. The Morgan fingerprint density at radius 3 is 2.59 bits per heavy atom. The molecule has 3 aliphatic rings. The predicted molar refractivity (Wildman–Crippen MR) is 86.9 cm³/mol. The van der Waals surface area contributed by atoms with E-state index in [1.165, 1.54) is 19.3 Å². The van der Waals surface area contributed by atoms with Gasteiger partial charge in [-0.25, -0.2) is 0 Å². The standard InChI is InChI=1S/C18H33NO3/c1-17(2)14-4-6-18(17,3)16(12-14)22-9-5-15(20)13-19-7-10-21-11-8-19/h14-16,20H,4-13H2,1-3H3/t14-,15+,16-,18-/m1/s1. The Bertz CT molecular complexity index is 381. The van der Waals surface area contributed by atoms with Crippen molar-refractivity contribution in [3.8, 4) is 0 Å². The number of ether oxygens (including phenoxy) is 2. The molecule has 0 aromatic heterocycles. The Morgan fingerprint density at radius 2 is 2.00 bits per heavy atom. The maximum atomic E-state index is 10.2. The molecule has 2 bridgehead atoms. The topological polar surface area (TPSA) is 41.9 Å². The molecule has 0 unspecified atom stereocenters. The average molecular weight is 311 g/mol. The van der Waals surface area contributed by atoms with Crippen LogP contribution in [0, 0.1) is 16.7 Å². The van der Waals surface area contributed by atoms with Crippen LogP contribution in [0.2, 0.25) is 0 Å². The molecule has 0 aromatic carbocycles. The molecule has 1 saturated heterocycles. The van der Waals surface area contributed by atoms with Crippen LogP contribution in [-0.4, -0.2) is 61.7 Å². The summed E-state index contributed by atoms with van der Waals surface area (Å²) in [7, 11) is 0. The highest BCUT2D eigenvalue weighted by atomic mass is 16.5. The van der Waals surface area contributed by atoms with Crippen LogP contribution in [0.15, 0.2) is 0 Å². The number of aliphatic hydroxyl groups excluding tert-OH is 1. The second-order valence-electron chi connectivity index (χ2n) is 8.33. The van der Waals surface area contributed by atoms with Crippen LogP contribution in [-0.2, 0) is 9.47 Å². The molecule has 3 fully saturated rings. The van der Waals surface area contributed by atoms with Crippen LogP contribution in [0.5, 0.6) is 0 Å². The number of aliphatic hydroxyl groups is 1. The molecule has 2 aliphatic carbocycles. The third kappa shape index (κ3) is 2.95. The van der Waals surface area contributed by atoms with Crippen molar-refractivity contribution in [3.63, 3.8) is 0 Å². The van der Waals surface area contributed by atoms with E-state index < -0.39 is 0 Å². The largest absolute Gasteiger partial charge is 0.392 e. The number of hydrogen-bond acceptors (Lipinski definition) is 4. The molecule has 1 N–H and O–H groups in total. The molecular weight excluding hydrogens is 278 g/mol. The molecule has 3 rings (SSSR count). The molecule has 4 heteroatoms. The number of rotatable bonds is 6. The number of morpholine rings is 1. The van der Waals surface area contributed by atoms with E-state index in [-0.39, 0.29) is 6.10 Å². The van der Waals surface area contributed by atoms with E-state index in [2.05, 4.69) is 25.7 Å². The zero-order valence-electron chi connectivity index (χ0n) is 14.5. The number of hydrogen-bond donors (Lipinski definition) is 1. The number of fused-ring (bicyclic) bond motifs is 2. The van der Waals surface area contributed by atoms with Crippen molar-refractivity contribution in [3.05, 3.63) is 0 Å². The molecular formula is C18H33NO3. The van der Waals surface area contributed by atoms with Crippen LogP contribution in [0.1, 0.15) is 46.5 Å². The van der Waals surface area contributed by atoms with Crippen LogP contribution >= 0.6 is 0 Å². The van der Waals surface area contributed by atoms with Crippen molar-refractivity contribution in [1.29, 1.82) is 0 Å². The summed E-state index contributed by atoms with van der Waals surface area (Å²) in [6, 6.07) is 0. The van der Waals surface area contributed by atoms with Crippen molar-refractivity contribution < 1.29 is 14.6 Å². The lowest BCUT2D eigenvalue weighted by Gasteiger charge is -2.39. The lowest BCUT2D eigenvalue weighted by atomic mass is 9.70. The third-order valence-electron chi connectivity index (χ3n) is 7.06. The average Bonchev–Trinajstić information content (AvgIpc) is 2.81. The second-order valence-corrected chi connectivity index (χ2v) is 8.33. The van der Waals surface area contributed by atoms with Crippen LogP contribution in [0.25, 0.3) is 0 Å². The van der Waals surface area contributed by atoms with Gasteiger partial charge in [-0.15, -0.1) is 0 Å². The van der Waals surface area contributed by atoms with Crippen molar-refractivity contribution in [2.75, 3.05) is 39.5 Å². The quantitative estimate of drug-likeness (QED) is 0.817. The predicted octanol–water partition coefficient (Wildman–Crippen LogP) is 2.30. The second kappa shape index (κ2) is 6.39. The van der Waals surface area contributed by atoms with Crippen molar-refractivity contribution in [1.82, 2.24) is 4.90 Å². The molecule has 4 atom stereocenters. The van der Waals surface area contributed by atoms with Gasteiger partial charge in [0.05, 0.1) is 25.4 Å². The molecule has 22 heavy (non-hydrogen) atoms. The summed E-state index contributed by atoms with van der Waals surface area (Å²) in [5.74, 6) is 0.820. The van der Waals surface area contributed by atoms with E-state index in [1.807, 2.05) is 0 Å². The fourth-order valence-corrected chi connectivity index (χ4v) is 4.90. The molecule has 1 aliphatic heterocycles. The van der Waals surface area contributed by atoms with Crippen LogP contribution in [0.3, 0.4) is 0 Å². The fraction of sp³-hybridized carbons (Fsp3) is 1.00. The lowest BCUT2D eigenvalue weighted by molar-refractivity contribution is -0.0583. The van der Waals surface area contributed by atoms with Gasteiger partial charge in [0.25, 0.3) is 0 Å². The zero-order valence-corrected chi connectivity index (χ0v) is 14.5. The van der Waals surface area contributed by atoms with Crippen molar-refractivity contribution in [2.45, 2.75) is 58.7 Å². The Kier molecular flexibility index (Phi) is 4.84. The lowest BCUT2D eigenvalue weighted by Crippen LogP contribution is -2.41. The highest BCUT2D eigenvalue weighted by molar-refractivity contribution is 5.11. The summed E-state index contributed by atoms with van der Waals surface area (Å²) >= 11 is 0. The Balaban J connectivity index is 1.40.